The molecule has 1 aromatic carbocycles. The minimum atomic E-state index is 0.112. The van der Waals surface area contributed by atoms with Crippen LogP contribution in [0.3, 0.4) is 0 Å². The molecule has 0 spiro atoms. The van der Waals surface area contributed by atoms with Crippen molar-refractivity contribution in [1.82, 2.24) is 5.32 Å². The summed E-state index contributed by atoms with van der Waals surface area (Å²) in [4.78, 5) is 11.8. The normalized spacial score (nSPS) is 24.9. The van der Waals surface area contributed by atoms with Gasteiger partial charge in [0.05, 0.1) is 6.04 Å². The first-order valence-corrected chi connectivity index (χ1v) is 5.95. The highest BCUT2D eigenvalue weighted by molar-refractivity contribution is 5.81. The minimum absolute atomic E-state index is 0.112. The Balaban J connectivity index is 1.94. The second-order valence-corrected chi connectivity index (χ2v) is 4.96. The molecule has 86 valence electrons. The maximum absolute atomic E-state index is 11.8. The fourth-order valence-corrected chi connectivity index (χ4v) is 1.95. The topological polar surface area (TPSA) is 29.1 Å². The molecule has 16 heavy (non-hydrogen) atoms. The van der Waals surface area contributed by atoms with Crippen LogP contribution in [-0.2, 0) is 4.79 Å². The molecule has 1 aliphatic rings. The number of hydrogen-bond donors (Lipinski definition) is 1. The van der Waals surface area contributed by atoms with Crippen LogP contribution in [0.1, 0.15) is 37.4 Å². The number of nitrogens with one attached hydrogen (secondary N) is 1. The molecule has 3 atom stereocenters. The summed E-state index contributed by atoms with van der Waals surface area (Å²) in [5.74, 6) is 1.04. The molecule has 2 nitrogen and oxygen atoms in total. The van der Waals surface area contributed by atoms with Gasteiger partial charge in [-0.25, -0.2) is 0 Å². The Kier molecular flexibility index (Phi) is 2.99. The van der Waals surface area contributed by atoms with Crippen molar-refractivity contribution in [2.45, 2.75) is 33.2 Å². The van der Waals surface area contributed by atoms with Crippen LogP contribution in [0.5, 0.6) is 0 Å². The summed E-state index contributed by atoms with van der Waals surface area (Å²) in [6, 6.07) is 8.43. The summed E-state index contributed by atoms with van der Waals surface area (Å²) >= 11 is 0. The number of amides is 1. The quantitative estimate of drug-likeness (QED) is 0.828. The van der Waals surface area contributed by atoms with Crippen molar-refractivity contribution < 1.29 is 4.79 Å². The number of hydrogen-bond acceptors (Lipinski definition) is 1. The summed E-state index contributed by atoms with van der Waals surface area (Å²) < 4.78 is 0. The molecule has 0 bridgehead atoms. The van der Waals surface area contributed by atoms with E-state index in [2.05, 4.69) is 43.4 Å². The first-order valence-electron chi connectivity index (χ1n) is 5.95. The van der Waals surface area contributed by atoms with Gasteiger partial charge in [-0.2, -0.15) is 0 Å². The zero-order valence-corrected chi connectivity index (χ0v) is 10.2. The third-order valence-corrected chi connectivity index (χ3v) is 3.38. The lowest BCUT2D eigenvalue weighted by Crippen LogP contribution is -2.28. The number of benzene rings is 1. The first kappa shape index (κ1) is 11.2. The summed E-state index contributed by atoms with van der Waals surface area (Å²) in [5, 5.41) is 3.07. The molecule has 2 heteroatoms. The minimum Gasteiger partial charge on any atom is -0.349 e. The summed E-state index contributed by atoms with van der Waals surface area (Å²) in [5.41, 5.74) is 2.42. The van der Waals surface area contributed by atoms with Crippen molar-refractivity contribution >= 4 is 5.91 Å². The van der Waals surface area contributed by atoms with E-state index in [0.29, 0.717) is 5.92 Å². The van der Waals surface area contributed by atoms with E-state index in [9.17, 15) is 4.79 Å². The van der Waals surface area contributed by atoms with Gasteiger partial charge in [-0.05, 0) is 31.7 Å². The van der Waals surface area contributed by atoms with Gasteiger partial charge < -0.3 is 5.32 Å². The van der Waals surface area contributed by atoms with E-state index in [0.717, 1.165) is 6.42 Å². The Morgan fingerprint density at radius 2 is 1.94 bits per heavy atom. The van der Waals surface area contributed by atoms with Gasteiger partial charge in [0.2, 0.25) is 5.91 Å². The van der Waals surface area contributed by atoms with Gasteiger partial charge in [-0.15, -0.1) is 0 Å². The molecule has 3 unspecified atom stereocenters. The molecular formula is C14H19NO. The predicted molar refractivity (Wildman–Crippen MR) is 65.0 cm³/mol. The van der Waals surface area contributed by atoms with Crippen LogP contribution in [0, 0.1) is 18.8 Å². The molecule has 1 aromatic rings. The number of carbonyl (C=O) groups is 1. The molecule has 0 heterocycles. The smallest absolute Gasteiger partial charge is 0.223 e. The third-order valence-electron chi connectivity index (χ3n) is 3.38. The lowest BCUT2D eigenvalue weighted by Gasteiger charge is -2.14. The maximum Gasteiger partial charge on any atom is 0.223 e. The third kappa shape index (κ3) is 2.43. The number of aryl methyl sites for hydroxylation is 1. The monoisotopic (exact) mass is 217 g/mol. The number of carbonyl (C=O) groups excluding carboxylic acids is 1. The lowest BCUT2D eigenvalue weighted by molar-refractivity contribution is -0.123. The molecule has 0 aliphatic heterocycles. The van der Waals surface area contributed by atoms with Crippen LogP contribution in [-0.4, -0.2) is 5.91 Å². The Bertz CT molecular complexity index is 382. The van der Waals surface area contributed by atoms with Gasteiger partial charge >= 0.3 is 0 Å². The summed E-state index contributed by atoms with van der Waals surface area (Å²) in [6.07, 6.45) is 1.05. The number of rotatable bonds is 3. The Labute approximate surface area is 97.1 Å². The van der Waals surface area contributed by atoms with E-state index in [1.54, 1.807) is 0 Å². The van der Waals surface area contributed by atoms with Crippen LogP contribution in [0.25, 0.3) is 0 Å². The molecule has 1 N–H and O–H groups in total. The fourth-order valence-electron chi connectivity index (χ4n) is 1.95. The van der Waals surface area contributed by atoms with Crippen LogP contribution in [0.2, 0.25) is 0 Å². The van der Waals surface area contributed by atoms with E-state index >= 15 is 0 Å². The summed E-state index contributed by atoms with van der Waals surface area (Å²) in [6.45, 7) is 6.23. The van der Waals surface area contributed by atoms with Crippen molar-refractivity contribution in [3.05, 3.63) is 35.4 Å². The van der Waals surface area contributed by atoms with Crippen LogP contribution in [0.15, 0.2) is 24.3 Å². The molecule has 0 radical (unpaired) electrons. The highest BCUT2D eigenvalue weighted by Crippen LogP contribution is 2.38. The molecule has 2 rings (SSSR count). The Morgan fingerprint density at radius 1 is 1.38 bits per heavy atom. The largest absolute Gasteiger partial charge is 0.349 e. The van der Waals surface area contributed by atoms with Crippen LogP contribution in [0.4, 0.5) is 0 Å². The van der Waals surface area contributed by atoms with Crippen LogP contribution >= 0.6 is 0 Å². The van der Waals surface area contributed by atoms with Crippen molar-refractivity contribution in [2.75, 3.05) is 0 Å². The molecular weight excluding hydrogens is 198 g/mol. The SMILES string of the molecule is Cc1ccc(C(C)NC(=O)C2CC2C)cc1. The highest BCUT2D eigenvalue weighted by atomic mass is 16.2. The van der Waals surface area contributed by atoms with Crippen molar-refractivity contribution in [3.8, 4) is 0 Å². The van der Waals surface area contributed by atoms with E-state index in [-0.39, 0.29) is 17.9 Å². The van der Waals surface area contributed by atoms with E-state index in [1.165, 1.54) is 11.1 Å². The van der Waals surface area contributed by atoms with E-state index < -0.39 is 0 Å². The molecule has 1 saturated carbocycles. The van der Waals surface area contributed by atoms with Gasteiger partial charge in [0, 0.05) is 5.92 Å². The van der Waals surface area contributed by atoms with Crippen molar-refractivity contribution in [1.29, 1.82) is 0 Å². The Hall–Kier alpha value is -1.31. The fraction of sp³-hybridized carbons (Fsp3) is 0.500. The van der Waals surface area contributed by atoms with E-state index in [4.69, 9.17) is 0 Å². The molecule has 1 fully saturated rings. The van der Waals surface area contributed by atoms with Crippen molar-refractivity contribution in [3.63, 3.8) is 0 Å². The van der Waals surface area contributed by atoms with Crippen LogP contribution < -0.4 is 5.32 Å². The second-order valence-electron chi connectivity index (χ2n) is 4.96. The first-order chi connectivity index (χ1) is 7.58. The molecule has 1 aliphatic carbocycles. The average molecular weight is 217 g/mol. The van der Waals surface area contributed by atoms with Gasteiger partial charge in [-0.1, -0.05) is 36.8 Å². The van der Waals surface area contributed by atoms with Gasteiger partial charge in [0.1, 0.15) is 0 Å². The molecule has 0 saturated heterocycles. The van der Waals surface area contributed by atoms with Gasteiger partial charge in [0.25, 0.3) is 0 Å². The second kappa shape index (κ2) is 4.28. The Morgan fingerprint density at radius 3 is 2.44 bits per heavy atom. The van der Waals surface area contributed by atoms with Gasteiger partial charge in [0.15, 0.2) is 0 Å². The van der Waals surface area contributed by atoms with Crippen molar-refractivity contribution in [2.24, 2.45) is 11.8 Å². The lowest BCUT2D eigenvalue weighted by atomic mass is 10.1. The molecule has 0 aromatic heterocycles. The average Bonchev–Trinajstić information content (AvgIpc) is 2.96. The predicted octanol–water partition coefficient (Wildman–Crippen LogP) is 2.83. The zero-order valence-electron chi connectivity index (χ0n) is 10.2. The zero-order chi connectivity index (χ0) is 11.7. The summed E-state index contributed by atoms with van der Waals surface area (Å²) in [7, 11) is 0. The van der Waals surface area contributed by atoms with E-state index in [1.807, 2.05) is 6.92 Å². The molecule has 1 amide bonds. The maximum atomic E-state index is 11.8. The highest BCUT2D eigenvalue weighted by Gasteiger charge is 2.39. The van der Waals surface area contributed by atoms with Gasteiger partial charge in [-0.3, -0.25) is 4.79 Å². The standard InChI is InChI=1S/C14H19NO/c1-9-4-6-12(7-5-9)11(3)15-14(16)13-8-10(13)2/h4-7,10-11,13H,8H2,1-3H3,(H,15,16).